The minimum atomic E-state index is -2.85. The van der Waals surface area contributed by atoms with Gasteiger partial charge in [-0.15, -0.1) is 0 Å². The summed E-state index contributed by atoms with van der Waals surface area (Å²) in [5.41, 5.74) is 1.17. The zero-order valence-electron chi connectivity index (χ0n) is 11.9. The molecule has 114 valence electrons. The molecule has 0 spiro atoms. The van der Waals surface area contributed by atoms with Crippen molar-refractivity contribution in [1.82, 2.24) is 15.1 Å². The molecule has 0 amide bonds. The predicted molar refractivity (Wildman–Crippen MR) is 77.6 cm³/mol. The summed E-state index contributed by atoms with van der Waals surface area (Å²) in [6.45, 7) is 2.55. The first-order chi connectivity index (χ1) is 9.61. The lowest BCUT2D eigenvalue weighted by Crippen LogP contribution is -2.20. The summed E-state index contributed by atoms with van der Waals surface area (Å²) < 4.78 is 29.7. The summed E-state index contributed by atoms with van der Waals surface area (Å²) in [5, 5.41) is 7.60. The number of aromatic nitrogens is 2. The minimum Gasteiger partial charge on any atom is -0.383 e. The number of nitrogens with one attached hydrogen (secondary N) is 1. The Labute approximate surface area is 120 Å². The number of hydrogen-bond acceptors (Lipinski definition) is 5. The third kappa shape index (κ3) is 4.57. The van der Waals surface area contributed by atoms with Crippen molar-refractivity contribution in [1.29, 1.82) is 0 Å². The fourth-order valence-corrected chi connectivity index (χ4v) is 4.11. The van der Waals surface area contributed by atoms with Gasteiger partial charge >= 0.3 is 0 Å². The highest BCUT2D eigenvalue weighted by Crippen LogP contribution is 2.23. The van der Waals surface area contributed by atoms with Crippen LogP contribution in [0.25, 0.3) is 0 Å². The van der Waals surface area contributed by atoms with Crippen molar-refractivity contribution in [3.05, 3.63) is 18.0 Å². The van der Waals surface area contributed by atoms with Crippen molar-refractivity contribution in [3.63, 3.8) is 0 Å². The van der Waals surface area contributed by atoms with E-state index >= 15 is 0 Å². The van der Waals surface area contributed by atoms with Gasteiger partial charge in [-0.05, 0) is 31.4 Å². The number of nitrogens with zero attached hydrogens (tertiary/aromatic N) is 2. The maximum Gasteiger partial charge on any atom is 0.152 e. The number of hydrogen-bond donors (Lipinski definition) is 1. The van der Waals surface area contributed by atoms with Crippen LogP contribution < -0.4 is 5.32 Å². The number of sulfone groups is 1. The maximum absolute atomic E-state index is 11.5. The molecule has 0 radical (unpaired) electrons. The van der Waals surface area contributed by atoms with Gasteiger partial charge in [0.1, 0.15) is 0 Å². The summed E-state index contributed by atoms with van der Waals surface area (Å²) in [6.07, 6.45) is 6.51. The van der Waals surface area contributed by atoms with E-state index in [9.17, 15) is 8.42 Å². The number of ether oxygens (including phenoxy) is 1. The van der Waals surface area contributed by atoms with Gasteiger partial charge in [-0.1, -0.05) is 0 Å². The van der Waals surface area contributed by atoms with Gasteiger partial charge in [0.05, 0.1) is 30.4 Å². The van der Waals surface area contributed by atoms with E-state index in [0.29, 0.717) is 6.42 Å². The minimum absolute atomic E-state index is 0.0218. The monoisotopic (exact) mass is 301 g/mol. The Balaban J connectivity index is 1.73. The molecule has 0 aliphatic carbocycles. The molecule has 2 rings (SSSR count). The molecule has 0 aromatic carbocycles. The van der Waals surface area contributed by atoms with Crippen molar-refractivity contribution in [2.24, 2.45) is 0 Å². The molecule has 1 fully saturated rings. The van der Waals surface area contributed by atoms with Gasteiger partial charge in [0.15, 0.2) is 9.84 Å². The Bertz CT molecular complexity index is 513. The Kier molecular flexibility index (Phi) is 5.56. The van der Waals surface area contributed by atoms with E-state index in [1.165, 1.54) is 5.56 Å². The smallest absolute Gasteiger partial charge is 0.152 e. The van der Waals surface area contributed by atoms with Crippen LogP contribution in [0.15, 0.2) is 12.4 Å². The summed E-state index contributed by atoms with van der Waals surface area (Å²) >= 11 is 0. The predicted octanol–water partition coefficient (Wildman–Crippen LogP) is 0.411. The summed E-state index contributed by atoms with van der Waals surface area (Å²) in [4.78, 5) is 0. The molecule has 7 heteroatoms. The Morgan fingerprint density at radius 3 is 3.05 bits per heavy atom. The molecule has 1 saturated heterocycles. The van der Waals surface area contributed by atoms with Crippen molar-refractivity contribution in [3.8, 4) is 0 Å². The fraction of sp³-hybridized carbons (Fsp3) is 0.769. The van der Waals surface area contributed by atoms with Crippen molar-refractivity contribution >= 4 is 9.84 Å². The largest absolute Gasteiger partial charge is 0.383 e. The van der Waals surface area contributed by atoms with Crippen LogP contribution in [0.2, 0.25) is 0 Å². The molecule has 1 aromatic heterocycles. The molecule has 0 saturated carbocycles. The molecule has 1 N–H and O–H groups in total. The van der Waals surface area contributed by atoms with Crippen molar-refractivity contribution < 1.29 is 13.2 Å². The molecule has 6 nitrogen and oxygen atoms in total. The van der Waals surface area contributed by atoms with Crippen molar-refractivity contribution in [2.45, 2.75) is 25.3 Å². The Hall–Kier alpha value is -0.920. The topological polar surface area (TPSA) is 73.2 Å². The quantitative estimate of drug-likeness (QED) is 0.704. The highest BCUT2D eigenvalue weighted by molar-refractivity contribution is 7.91. The standard InChI is InChI=1S/C13H23N3O3S/c1-19-7-6-14-5-2-3-12-9-15-16(10-12)13-4-8-20(17,18)11-13/h9-10,13-14H,2-8,11H2,1H3. The number of rotatable bonds is 8. The van der Waals surface area contributed by atoms with E-state index in [1.807, 2.05) is 17.1 Å². The zero-order valence-corrected chi connectivity index (χ0v) is 12.7. The summed E-state index contributed by atoms with van der Waals surface area (Å²) in [7, 11) is -1.15. The highest BCUT2D eigenvalue weighted by atomic mass is 32.2. The zero-order chi connectivity index (χ0) is 14.4. The van der Waals surface area contributed by atoms with E-state index in [2.05, 4.69) is 10.4 Å². The molecule has 2 heterocycles. The highest BCUT2D eigenvalue weighted by Gasteiger charge is 2.29. The van der Waals surface area contributed by atoms with Crippen LogP contribution in [0, 0.1) is 0 Å². The molecule has 1 aliphatic heterocycles. The van der Waals surface area contributed by atoms with Crippen molar-refractivity contribution in [2.75, 3.05) is 38.3 Å². The second kappa shape index (κ2) is 7.19. The molecular weight excluding hydrogens is 278 g/mol. The lowest BCUT2D eigenvalue weighted by atomic mass is 10.2. The number of methoxy groups -OCH3 is 1. The van der Waals surface area contributed by atoms with E-state index in [1.54, 1.807) is 7.11 Å². The third-order valence-electron chi connectivity index (χ3n) is 3.54. The van der Waals surface area contributed by atoms with E-state index < -0.39 is 9.84 Å². The molecule has 0 bridgehead atoms. The molecular formula is C13H23N3O3S. The molecule has 1 atom stereocenters. The first-order valence-electron chi connectivity index (χ1n) is 7.04. The third-order valence-corrected chi connectivity index (χ3v) is 5.29. The van der Waals surface area contributed by atoms with Crippen LogP contribution in [-0.2, 0) is 21.0 Å². The van der Waals surface area contributed by atoms with Gasteiger partial charge in [0.25, 0.3) is 0 Å². The molecule has 1 aliphatic rings. The van der Waals surface area contributed by atoms with Gasteiger partial charge < -0.3 is 10.1 Å². The number of aryl methyl sites for hydroxylation is 1. The van der Waals surface area contributed by atoms with Gasteiger partial charge in [0.2, 0.25) is 0 Å². The second-order valence-corrected chi connectivity index (χ2v) is 7.46. The lowest BCUT2D eigenvalue weighted by molar-refractivity contribution is 0.199. The molecule has 1 unspecified atom stereocenters. The van der Waals surface area contributed by atoms with E-state index in [4.69, 9.17) is 4.74 Å². The average molecular weight is 301 g/mol. The summed E-state index contributed by atoms with van der Waals surface area (Å²) in [5.74, 6) is 0.517. The Morgan fingerprint density at radius 2 is 2.35 bits per heavy atom. The molecule has 1 aromatic rings. The Morgan fingerprint density at radius 1 is 1.50 bits per heavy atom. The summed E-state index contributed by atoms with van der Waals surface area (Å²) in [6, 6.07) is 0.0218. The molecule has 20 heavy (non-hydrogen) atoms. The van der Waals surface area contributed by atoms with Crippen LogP contribution in [0.3, 0.4) is 0 Å². The van der Waals surface area contributed by atoms with Gasteiger partial charge in [-0.25, -0.2) is 8.42 Å². The maximum atomic E-state index is 11.5. The van der Waals surface area contributed by atoms with Gasteiger partial charge in [0, 0.05) is 19.9 Å². The van der Waals surface area contributed by atoms with E-state index in [-0.39, 0.29) is 17.5 Å². The first-order valence-corrected chi connectivity index (χ1v) is 8.86. The lowest BCUT2D eigenvalue weighted by Gasteiger charge is -2.07. The SMILES string of the molecule is COCCNCCCc1cnn(C2CCS(=O)(=O)C2)c1. The average Bonchev–Trinajstić information content (AvgIpc) is 3.00. The van der Waals surface area contributed by atoms with Crippen LogP contribution in [0.5, 0.6) is 0 Å². The normalized spacial score (nSPS) is 21.4. The van der Waals surface area contributed by atoms with E-state index in [0.717, 1.165) is 32.5 Å². The van der Waals surface area contributed by atoms with Gasteiger partial charge in [-0.2, -0.15) is 5.10 Å². The fourth-order valence-electron chi connectivity index (χ4n) is 2.41. The van der Waals surface area contributed by atoms with Gasteiger partial charge in [-0.3, -0.25) is 4.68 Å². The van der Waals surface area contributed by atoms with Crippen LogP contribution in [0.1, 0.15) is 24.4 Å². The first kappa shape index (κ1) is 15.5. The second-order valence-electron chi connectivity index (χ2n) is 5.23. The van der Waals surface area contributed by atoms with Crippen LogP contribution in [-0.4, -0.2) is 56.5 Å². The van der Waals surface area contributed by atoms with Crippen LogP contribution in [0.4, 0.5) is 0 Å². The van der Waals surface area contributed by atoms with Crippen LogP contribution >= 0.6 is 0 Å².